The van der Waals surface area contributed by atoms with Gasteiger partial charge in [0.15, 0.2) is 23.3 Å². The van der Waals surface area contributed by atoms with Gasteiger partial charge in [-0.05, 0) is 92.7 Å². The van der Waals surface area contributed by atoms with Crippen LogP contribution >= 0.6 is 0 Å². The fourth-order valence-corrected chi connectivity index (χ4v) is 9.99. The van der Waals surface area contributed by atoms with Crippen LogP contribution in [-0.2, 0) is 5.41 Å². The molecule has 13 rings (SSSR count). The Labute approximate surface area is 393 Å². The summed E-state index contributed by atoms with van der Waals surface area (Å²) in [7, 11) is 0. The number of benzene rings is 9. The molecule has 0 saturated carbocycles. The molecule has 0 unspecified atom stereocenters. The van der Waals surface area contributed by atoms with Gasteiger partial charge in [-0.15, -0.1) is 0 Å². The Morgan fingerprint density at radius 1 is 0.309 bits per heavy atom. The lowest BCUT2D eigenvalue weighted by Gasteiger charge is -2.21. The van der Waals surface area contributed by atoms with Crippen molar-refractivity contribution in [1.29, 1.82) is 0 Å². The SMILES string of the molecule is CC1(C)c2ccccc2-c2cc(-c3nc(-c4ccccc4)nc(-c4cccc(-c5cccc(-c6cc(-c7ccc8c(c7)oc7cc9ccccc9cc78)nc(-c7ccccc7)n6)c5)c4)n3)ccc21. The highest BCUT2D eigenvalue weighted by molar-refractivity contribution is 6.10. The topological polar surface area (TPSA) is 77.6 Å². The lowest BCUT2D eigenvalue weighted by Crippen LogP contribution is -2.14. The molecule has 0 saturated heterocycles. The minimum atomic E-state index is -0.0940. The third-order valence-corrected chi connectivity index (χ3v) is 13.5. The molecular weight excluding hydrogens is 831 g/mol. The van der Waals surface area contributed by atoms with Crippen molar-refractivity contribution >= 4 is 32.7 Å². The fourth-order valence-electron chi connectivity index (χ4n) is 9.99. The van der Waals surface area contributed by atoms with Gasteiger partial charge < -0.3 is 4.42 Å². The smallest absolute Gasteiger partial charge is 0.164 e. The van der Waals surface area contributed by atoms with E-state index in [1.54, 1.807) is 0 Å². The van der Waals surface area contributed by atoms with Gasteiger partial charge >= 0.3 is 0 Å². The van der Waals surface area contributed by atoms with Crippen LogP contribution in [-0.4, -0.2) is 24.9 Å². The van der Waals surface area contributed by atoms with Gasteiger partial charge in [-0.1, -0.05) is 178 Å². The molecule has 0 amide bonds. The summed E-state index contributed by atoms with van der Waals surface area (Å²) in [6.45, 7) is 4.60. The number of nitrogens with zero attached hydrogens (tertiary/aromatic N) is 5. The molecule has 0 radical (unpaired) electrons. The third kappa shape index (κ3) is 6.76. The van der Waals surface area contributed by atoms with E-state index in [0.717, 1.165) is 83.2 Å². The van der Waals surface area contributed by atoms with E-state index < -0.39 is 0 Å². The number of aromatic nitrogens is 5. The molecule has 9 aromatic carbocycles. The summed E-state index contributed by atoms with van der Waals surface area (Å²) in [4.78, 5) is 25.7. The van der Waals surface area contributed by atoms with Crippen molar-refractivity contribution in [3.05, 3.63) is 223 Å². The van der Waals surface area contributed by atoms with Gasteiger partial charge in [0.05, 0.1) is 11.4 Å². The first-order valence-electron chi connectivity index (χ1n) is 23.0. The largest absolute Gasteiger partial charge is 0.456 e. The lowest BCUT2D eigenvalue weighted by atomic mass is 9.82. The molecule has 1 aliphatic carbocycles. The molecule has 0 aliphatic heterocycles. The van der Waals surface area contributed by atoms with Crippen LogP contribution < -0.4 is 0 Å². The standard InChI is InChI=1S/C62H41N5O/c1-62(2)52-26-12-11-25-48(52)50-34-47(28-30-53(50)62)61-66-59(39-17-7-4-8-18-39)65-60(67-61)46-24-14-22-41(32-46)40-21-13-23-44(31-40)54-37-55(64-58(63-54)38-15-5-3-6-16-38)45-27-29-49-51-33-42-19-9-10-20-43(42)35-57(51)68-56(49)36-45/h3-37H,1-2H3. The van der Waals surface area contributed by atoms with Gasteiger partial charge in [0.25, 0.3) is 0 Å². The zero-order valence-corrected chi connectivity index (χ0v) is 37.4. The van der Waals surface area contributed by atoms with Crippen molar-refractivity contribution in [2.24, 2.45) is 0 Å². The monoisotopic (exact) mass is 871 g/mol. The maximum Gasteiger partial charge on any atom is 0.164 e. The minimum Gasteiger partial charge on any atom is -0.456 e. The van der Waals surface area contributed by atoms with Gasteiger partial charge in [-0.25, -0.2) is 24.9 Å². The molecule has 3 aromatic heterocycles. The molecule has 320 valence electrons. The molecule has 0 N–H and O–H groups in total. The molecule has 6 nitrogen and oxygen atoms in total. The number of furan rings is 1. The van der Waals surface area contributed by atoms with Gasteiger partial charge in [0.1, 0.15) is 11.2 Å². The van der Waals surface area contributed by atoms with E-state index in [9.17, 15) is 0 Å². The van der Waals surface area contributed by atoms with Gasteiger partial charge in [0, 0.05) is 49.6 Å². The van der Waals surface area contributed by atoms with Crippen molar-refractivity contribution in [3.8, 4) is 90.3 Å². The average molecular weight is 872 g/mol. The predicted octanol–water partition coefficient (Wildman–Crippen LogP) is 15.7. The Bertz CT molecular complexity index is 3950. The van der Waals surface area contributed by atoms with Crippen molar-refractivity contribution in [2.75, 3.05) is 0 Å². The summed E-state index contributed by atoms with van der Waals surface area (Å²) < 4.78 is 6.50. The second-order valence-corrected chi connectivity index (χ2v) is 18.1. The molecule has 68 heavy (non-hydrogen) atoms. The highest BCUT2D eigenvalue weighted by atomic mass is 16.3. The zero-order chi connectivity index (χ0) is 45.3. The van der Waals surface area contributed by atoms with Crippen LogP contribution in [0.2, 0.25) is 0 Å². The molecule has 3 heterocycles. The molecule has 0 spiro atoms. The average Bonchev–Trinajstić information content (AvgIpc) is 3.87. The second-order valence-electron chi connectivity index (χ2n) is 18.1. The normalized spacial score (nSPS) is 12.7. The molecule has 1 aliphatic rings. The summed E-state index contributed by atoms with van der Waals surface area (Å²) in [5.74, 6) is 2.52. The first-order valence-corrected chi connectivity index (χ1v) is 23.0. The van der Waals surface area contributed by atoms with Crippen LogP contribution in [0.1, 0.15) is 25.0 Å². The lowest BCUT2D eigenvalue weighted by molar-refractivity contribution is 0.660. The maximum absolute atomic E-state index is 6.50. The summed E-state index contributed by atoms with van der Waals surface area (Å²) in [6, 6.07) is 73.8. The van der Waals surface area contributed by atoms with Crippen LogP contribution in [0.15, 0.2) is 217 Å². The van der Waals surface area contributed by atoms with Crippen LogP contribution in [0.4, 0.5) is 0 Å². The van der Waals surface area contributed by atoms with Crippen LogP contribution in [0.25, 0.3) is 123 Å². The maximum atomic E-state index is 6.50. The summed E-state index contributed by atoms with van der Waals surface area (Å²) >= 11 is 0. The number of hydrogen-bond acceptors (Lipinski definition) is 6. The van der Waals surface area contributed by atoms with Gasteiger partial charge in [-0.3, -0.25) is 0 Å². The molecule has 0 atom stereocenters. The Hall–Kier alpha value is -8.87. The van der Waals surface area contributed by atoms with E-state index in [0.29, 0.717) is 23.3 Å². The summed E-state index contributed by atoms with van der Waals surface area (Å²) in [5, 5.41) is 4.51. The zero-order valence-electron chi connectivity index (χ0n) is 37.4. The third-order valence-electron chi connectivity index (χ3n) is 13.5. The predicted molar refractivity (Wildman–Crippen MR) is 276 cm³/mol. The molecular formula is C62H41N5O. The van der Waals surface area contributed by atoms with E-state index in [4.69, 9.17) is 29.3 Å². The molecule has 0 bridgehead atoms. The van der Waals surface area contributed by atoms with E-state index in [-0.39, 0.29) is 5.41 Å². The quantitative estimate of drug-likeness (QED) is 0.159. The van der Waals surface area contributed by atoms with E-state index in [1.165, 1.54) is 27.6 Å². The van der Waals surface area contributed by atoms with Crippen molar-refractivity contribution < 1.29 is 4.42 Å². The Morgan fingerprint density at radius 2 is 0.794 bits per heavy atom. The Balaban J connectivity index is 0.891. The first-order chi connectivity index (χ1) is 33.4. The number of rotatable bonds is 7. The van der Waals surface area contributed by atoms with Crippen LogP contribution in [0.3, 0.4) is 0 Å². The number of hydrogen-bond donors (Lipinski definition) is 0. The first kappa shape index (κ1) is 39.5. The second kappa shape index (κ2) is 15.6. The molecule has 0 fully saturated rings. The number of fused-ring (bicyclic) bond motifs is 7. The van der Waals surface area contributed by atoms with Crippen molar-refractivity contribution in [2.45, 2.75) is 19.3 Å². The minimum absolute atomic E-state index is 0.0940. The molecule has 6 heteroatoms. The fraction of sp³-hybridized carbons (Fsp3) is 0.0484. The Morgan fingerprint density at radius 3 is 1.50 bits per heavy atom. The Kier molecular flexibility index (Phi) is 9.08. The highest BCUT2D eigenvalue weighted by Crippen LogP contribution is 2.49. The molecule has 12 aromatic rings. The van der Waals surface area contributed by atoms with Crippen LogP contribution in [0.5, 0.6) is 0 Å². The summed E-state index contributed by atoms with van der Waals surface area (Å²) in [5.41, 5.74) is 16.1. The van der Waals surface area contributed by atoms with Gasteiger partial charge in [-0.2, -0.15) is 0 Å². The van der Waals surface area contributed by atoms with Crippen molar-refractivity contribution in [1.82, 2.24) is 24.9 Å². The van der Waals surface area contributed by atoms with Gasteiger partial charge in [0.2, 0.25) is 0 Å². The van der Waals surface area contributed by atoms with E-state index >= 15 is 0 Å². The van der Waals surface area contributed by atoms with E-state index in [2.05, 4.69) is 178 Å². The highest BCUT2D eigenvalue weighted by Gasteiger charge is 2.35. The van der Waals surface area contributed by atoms with Crippen LogP contribution in [0, 0.1) is 0 Å². The summed E-state index contributed by atoms with van der Waals surface area (Å²) in [6.07, 6.45) is 0. The van der Waals surface area contributed by atoms with E-state index in [1.807, 2.05) is 48.5 Å². The van der Waals surface area contributed by atoms with Crippen molar-refractivity contribution in [3.63, 3.8) is 0 Å².